The standard InChI is InChI=1S/C28H27N7O/c36-26-3-1-2-12-34(26)16-20-4-6-21(7-5-20)17-35-18-25-27(31-19-32-28(25)33-35)30-14-22-8-9-24-15-29-11-10-23(24)13-22/h1-9,12-13,18-19,29H,10-11,14-17H2,(H,30,31,32,33). The highest BCUT2D eigenvalue weighted by Crippen LogP contribution is 2.21. The molecule has 0 saturated heterocycles. The fourth-order valence-electron chi connectivity index (χ4n) is 4.66. The number of anilines is 1. The van der Waals surface area contributed by atoms with Crippen molar-refractivity contribution in [2.45, 2.75) is 32.6 Å². The monoisotopic (exact) mass is 477 g/mol. The number of pyridine rings is 1. The predicted molar refractivity (Wildman–Crippen MR) is 140 cm³/mol. The molecule has 1 aliphatic heterocycles. The molecule has 0 unspecified atom stereocenters. The van der Waals surface area contributed by atoms with Gasteiger partial charge in [-0.1, -0.05) is 48.5 Å². The topological polar surface area (TPSA) is 89.7 Å². The first-order valence-corrected chi connectivity index (χ1v) is 12.2. The minimum absolute atomic E-state index is 0.000690. The van der Waals surface area contributed by atoms with Gasteiger partial charge < -0.3 is 15.2 Å². The van der Waals surface area contributed by atoms with E-state index in [0.29, 0.717) is 25.3 Å². The van der Waals surface area contributed by atoms with Gasteiger partial charge in [-0.05, 0) is 46.8 Å². The second-order valence-electron chi connectivity index (χ2n) is 9.15. The van der Waals surface area contributed by atoms with Crippen LogP contribution in [0, 0.1) is 0 Å². The molecule has 0 spiro atoms. The van der Waals surface area contributed by atoms with Gasteiger partial charge in [0.1, 0.15) is 12.1 Å². The van der Waals surface area contributed by atoms with E-state index in [4.69, 9.17) is 0 Å². The van der Waals surface area contributed by atoms with E-state index in [1.807, 2.05) is 16.9 Å². The van der Waals surface area contributed by atoms with Crippen molar-refractivity contribution in [2.75, 3.05) is 11.9 Å². The van der Waals surface area contributed by atoms with Crippen LogP contribution in [0.5, 0.6) is 0 Å². The Hall–Kier alpha value is -4.30. The Labute approximate surface area is 208 Å². The average Bonchev–Trinajstić information content (AvgIpc) is 3.33. The lowest BCUT2D eigenvalue weighted by molar-refractivity contribution is 0.643. The van der Waals surface area contributed by atoms with Gasteiger partial charge >= 0.3 is 0 Å². The van der Waals surface area contributed by atoms with E-state index in [1.54, 1.807) is 29.2 Å². The zero-order valence-electron chi connectivity index (χ0n) is 19.9. The maximum absolute atomic E-state index is 12.0. The molecule has 6 rings (SSSR count). The molecule has 0 bridgehead atoms. The molecule has 0 radical (unpaired) electrons. The second kappa shape index (κ2) is 9.75. The van der Waals surface area contributed by atoms with Crippen molar-refractivity contribution in [3.05, 3.63) is 118 Å². The molecule has 180 valence electrons. The SMILES string of the molecule is O=c1ccccn1Cc1ccc(Cn2cc3c(NCc4ccc5c(c4)CCNC5)ncnc3n2)cc1. The van der Waals surface area contributed by atoms with Gasteiger partial charge in [-0.25, -0.2) is 9.97 Å². The van der Waals surface area contributed by atoms with Gasteiger partial charge in [0.15, 0.2) is 5.65 Å². The van der Waals surface area contributed by atoms with Crippen LogP contribution in [-0.2, 0) is 32.6 Å². The minimum atomic E-state index is -0.000690. The summed E-state index contributed by atoms with van der Waals surface area (Å²) in [5.41, 5.74) is 6.93. The van der Waals surface area contributed by atoms with Gasteiger partial charge in [-0.15, -0.1) is 0 Å². The van der Waals surface area contributed by atoms with Gasteiger partial charge in [0.2, 0.25) is 0 Å². The highest BCUT2D eigenvalue weighted by Gasteiger charge is 2.11. The third-order valence-electron chi connectivity index (χ3n) is 6.60. The molecule has 0 amide bonds. The van der Waals surface area contributed by atoms with Crippen LogP contribution in [0.1, 0.15) is 27.8 Å². The van der Waals surface area contributed by atoms with Crippen molar-refractivity contribution in [1.29, 1.82) is 0 Å². The van der Waals surface area contributed by atoms with Crippen molar-refractivity contribution in [3.63, 3.8) is 0 Å². The molecule has 2 aromatic carbocycles. The normalized spacial score (nSPS) is 13.0. The largest absolute Gasteiger partial charge is 0.365 e. The van der Waals surface area contributed by atoms with Crippen LogP contribution < -0.4 is 16.2 Å². The number of aromatic nitrogens is 5. The van der Waals surface area contributed by atoms with Crippen LogP contribution in [0.2, 0.25) is 0 Å². The molecule has 0 fully saturated rings. The van der Waals surface area contributed by atoms with Crippen LogP contribution in [0.15, 0.2) is 84.2 Å². The van der Waals surface area contributed by atoms with Crippen molar-refractivity contribution in [3.8, 4) is 0 Å². The van der Waals surface area contributed by atoms with Crippen molar-refractivity contribution in [2.24, 2.45) is 0 Å². The Kier molecular flexibility index (Phi) is 6.01. The number of nitrogens with one attached hydrogen (secondary N) is 2. The summed E-state index contributed by atoms with van der Waals surface area (Å²) < 4.78 is 3.59. The molecule has 8 nitrogen and oxygen atoms in total. The maximum Gasteiger partial charge on any atom is 0.250 e. The summed E-state index contributed by atoms with van der Waals surface area (Å²) in [6.07, 6.45) is 6.43. The van der Waals surface area contributed by atoms with E-state index in [2.05, 4.69) is 68.2 Å². The zero-order chi connectivity index (χ0) is 24.3. The van der Waals surface area contributed by atoms with Crippen LogP contribution in [0.3, 0.4) is 0 Å². The van der Waals surface area contributed by atoms with Gasteiger partial charge in [-0.3, -0.25) is 9.48 Å². The van der Waals surface area contributed by atoms with Gasteiger partial charge in [0, 0.05) is 31.5 Å². The number of hydrogen-bond acceptors (Lipinski definition) is 6. The first-order valence-electron chi connectivity index (χ1n) is 12.2. The lowest BCUT2D eigenvalue weighted by Crippen LogP contribution is -2.23. The first kappa shape index (κ1) is 22.2. The smallest absolute Gasteiger partial charge is 0.250 e. The Morgan fingerprint density at radius 1 is 0.917 bits per heavy atom. The van der Waals surface area contributed by atoms with Crippen molar-refractivity contribution >= 4 is 16.9 Å². The summed E-state index contributed by atoms with van der Waals surface area (Å²) in [7, 11) is 0. The predicted octanol–water partition coefficient (Wildman–Crippen LogP) is 3.34. The number of nitrogens with zero attached hydrogens (tertiary/aromatic N) is 5. The third kappa shape index (κ3) is 4.76. The molecule has 3 aromatic heterocycles. The molecule has 2 N–H and O–H groups in total. The molecule has 1 aliphatic rings. The maximum atomic E-state index is 12.0. The third-order valence-corrected chi connectivity index (χ3v) is 6.60. The Morgan fingerprint density at radius 3 is 2.61 bits per heavy atom. The molecule has 0 atom stereocenters. The van der Waals surface area contributed by atoms with E-state index >= 15 is 0 Å². The summed E-state index contributed by atoms with van der Waals surface area (Å²) in [4.78, 5) is 20.8. The number of hydrogen-bond donors (Lipinski definition) is 2. The van der Waals surface area contributed by atoms with E-state index in [-0.39, 0.29) is 5.56 Å². The quantitative estimate of drug-likeness (QED) is 0.374. The summed E-state index contributed by atoms with van der Waals surface area (Å²) in [5, 5.41) is 12.5. The first-order chi connectivity index (χ1) is 17.7. The lowest BCUT2D eigenvalue weighted by Gasteiger charge is -2.18. The van der Waals surface area contributed by atoms with Crippen LogP contribution in [0.25, 0.3) is 11.0 Å². The lowest BCUT2D eigenvalue weighted by atomic mass is 9.98. The van der Waals surface area contributed by atoms with Gasteiger partial charge in [-0.2, -0.15) is 5.10 Å². The van der Waals surface area contributed by atoms with Gasteiger partial charge in [0.25, 0.3) is 5.56 Å². The highest BCUT2D eigenvalue weighted by molar-refractivity contribution is 5.85. The van der Waals surface area contributed by atoms with Crippen molar-refractivity contribution < 1.29 is 0 Å². The summed E-state index contributed by atoms with van der Waals surface area (Å²) in [6, 6.07) is 20.2. The zero-order valence-corrected chi connectivity index (χ0v) is 19.9. The van der Waals surface area contributed by atoms with Crippen LogP contribution in [-0.4, -0.2) is 30.9 Å². The second-order valence-corrected chi connectivity index (χ2v) is 9.15. The Bertz CT molecular complexity index is 1570. The van der Waals surface area contributed by atoms with Gasteiger partial charge in [0.05, 0.1) is 18.5 Å². The molecular formula is C28H27N7O. The number of benzene rings is 2. The Balaban J connectivity index is 1.15. The van der Waals surface area contributed by atoms with Crippen molar-refractivity contribution in [1.82, 2.24) is 29.6 Å². The minimum Gasteiger partial charge on any atom is -0.365 e. The number of rotatable bonds is 7. The van der Waals surface area contributed by atoms with E-state index in [9.17, 15) is 4.79 Å². The molecule has 0 saturated carbocycles. The van der Waals surface area contributed by atoms with Crippen LogP contribution in [0.4, 0.5) is 5.82 Å². The molecule has 8 heteroatoms. The molecule has 0 aliphatic carbocycles. The molecule has 5 aromatic rings. The molecule has 4 heterocycles. The summed E-state index contributed by atoms with van der Waals surface area (Å²) >= 11 is 0. The van der Waals surface area contributed by atoms with Crippen LogP contribution >= 0.6 is 0 Å². The molecule has 36 heavy (non-hydrogen) atoms. The highest BCUT2D eigenvalue weighted by atomic mass is 16.1. The Morgan fingerprint density at radius 2 is 1.75 bits per heavy atom. The fraction of sp³-hybridized carbons (Fsp3) is 0.214. The average molecular weight is 478 g/mol. The van der Waals surface area contributed by atoms with E-state index < -0.39 is 0 Å². The van der Waals surface area contributed by atoms with E-state index in [0.717, 1.165) is 41.8 Å². The van der Waals surface area contributed by atoms with E-state index in [1.165, 1.54) is 16.7 Å². The summed E-state index contributed by atoms with van der Waals surface area (Å²) in [6.45, 7) is 3.86. The number of fused-ring (bicyclic) bond motifs is 2. The molecular weight excluding hydrogens is 450 g/mol. The summed E-state index contributed by atoms with van der Waals surface area (Å²) in [5.74, 6) is 0.786. The fourth-order valence-corrected chi connectivity index (χ4v) is 4.66.